The third-order valence-electron chi connectivity index (χ3n) is 3.12. The van der Waals surface area contributed by atoms with Gasteiger partial charge in [0.05, 0.1) is 6.61 Å². The van der Waals surface area contributed by atoms with Gasteiger partial charge in [-0.25, -0.2) is 4.79 Å². The second-order valence-electron chi connectivity index (χ2n) is 4.54. The number of esters is 1. The lowest BCUT2D eigenvalue weighted by Gasteiger charge is -2.20. The number of rotatable bonds is 5. The van der Waals surface area contributed by atoms with Crippen molar-refractivity contribution in [3.05, 3.63) is 34.4 Å². The molecule has 0 aliphatic carbocycles. The van der Waals surface area contributed by atoms with Crippen LogP contribution < -0.4 is 5.32 Å². The van der Waals surface area contributed by atoms with E-state index in [-0.39, 0.29) is 12.0 Å². The molecule has 0 radical (unpaired) electrons. The van der Waals surface area contributed by atoms with Gasteiger partial charge < -0.3 is 10.1 Å². The minimum absolute atomic E-state index is 0.203. The summed E-state index contributed by atoms with van der Waals surface area (Å²) in [5.74, 6) is -0.203. The highest BCUT2D eigenvalue weighted by Gasteiger charge is 2.22. The second kappa shape index (κ2) is 6.55. The van der Waals surface area contributed by atoms with Gasteiger partial charge in [0.1, 0.15) is 6.04 Å². The second-order valence-corrected chi connectivity index (χ2v) is 4.54. The molecule has 0 amide bonds. The number of carbonyl (C=O) groups excluding carboxylic acids is 1. The highest BCUT2D eigenvalue weighted by atomic mass is 16.5. The predicted octanol–water partition coefficient (Wildman–Crippen LogP) is 2.83. The van der Waals surface area contributed by atoms with Crippen molar-refractivity contribution in [2.45, 2.75) is 40.7 Å². The first-order valence-electron chi connectivity index (χ1n) is 6.49. The fourth-order valence-electron chi connectivity index (χ4n) is 2.04. The van der Waals surface area contributed by atoms with Gasteiger partial charge in [-0.2, -0.15) is 0 Å². The van der Waals surface area contributed by atoms with E-state index in [4.69, 9.17) is 4.74 Å². The number of carbonyl (C=O) groups is 1. The summed E-state index contributed by atoms with van der Waals surface area (Å²) in [4.78, 5) is 12.0. The average Bonchev–Trinajstić information content (AvgIpc) is 2.31. The maximum absolute atomic E-state index is 12.0. The van der Waals surface area contributed by atoms with Crippen molar-refractivity contribution >= 4 is 5.97 Å². The minimum atomic E-state index is -0.366. The molecule has 0 aliphatic heterocycles. The lowest BCUT2D eigenvalue weighted by molar-refractivity contribution is -0.145. The Morgan fingerprint density at radius 3 is 2.33 bits per heavy atom. The van der Waals surface area contributed by atoms with Crippen LogP contribution in [0.1, 0.15) is 42.1 Å². The van der Waals surface area contributed by atoms with Crippen LogP contribution >= 0.6 is 0 Å². The van der Waals surface area contributed by atoms with Gasteiger partial charge in [-0.15, -0.1) is 0 Å². The van der Waals surface area contributed by atoms with Crippen molar-refractivity contribution in [1.29, 1.82) is 0 Å². The molecule has 3 nitrogen and oxygen atoms in total. The molecule has 1 N–H and O–H groups in total. The number of benzene rings is 1. The Morgan fingerprint density at radius 1 is 1.17 bits per heavy atom. The lowest BCUT2D eigenvalue weighted by atomic mass is 9.95. The average molecular weight is 249 g/mol. The highest BCUT2D eigenvalue weighted by Crippen LogP contribution is 2.23. The van der Waals surface area contributed by atoms with Crippen LogP contribution in [0.25, 0.3) is 0 Å². The van der Waals surface area contributed by atoms with Gasteiger partial charge in [0.25, 0.3) is 0 Å². The third-order valence-corrected chi connectivity index (χ3v) is 3.12. The molecule has 0 aromatic heterocycles. The fourth-order valence-corrected chi connectivity index (χ4v) is 2.04. The maximum atomic E-state index is 12.0. The van der Waals surface area contributed by atoms with Crippen molar-refractivity contribution in [1.82, 2.24) is 5.32 Å². The maximum Gasteiger partial charge on any atom is 0.327 e. The zero-order chi connectivity index (χ0) is 13.7. The summed E-state index contributed by atoms with van der Waals surface area (Å²) in [5, 5.41) is 3.20. The zero-order valence-corrected chi connectivity index (χ0v) is 12.0. The van der Waals surface area contributed by atoms with E-state index in [0.717, 1.165) is 17.7 Å². The Hall–Kier alpha value is -1.35. The first-order valence-corrected chi connectivity index (χ1v) is 6.49. The molecule has 0 bridgehead atoms. The van der Waals surface area contributed by atoms with E-state index >= 15 is 0 Å². The quantitative estimate of drug-likeness (QED) is 0.815. The van der Waals surface area contributed by atoms with Crippen LogP contribution in [0.15, 0.2) is 12.1 Å². The van der Waals surface area contributed by atoms with Crippen molar-refractivity contribution in [2.75, 3.05) is 13.2 Å². The molecule has 0 spiro atoms. The minimum Gasteiger partial charge on any atom is -0.465 e. The van der Waals surface area contributed by atoms with Crippen LogP contribution in [0.2, 0.25) is 0 Å². The normalized spacial score (nSPS) is 12.3. The molecule has 0 saturated heterocycles. The van der Waals surface area contributed by atoms with Gasteiger partial charge in [-0.1, -0.05) is 19.1 Å². The number of aryl methyl sites for hydroxylation is 3. The molecule has 1 aromatic rings. The van der Waals surface area contributed by atoms with E-state index in [2.05, 4.69) is 31.3 Å². The molecule has 18 heavy (non-hydrogen) atoms. The van der Waals surface area contributed by atoms with Crippen molar-refractivity contribution in [2.24, 2.45) is 0 Å². The van der Waals surface area contributed by atoms with E-state index in [1.165, 1.54) is 11.1 Å². The van der Waals surface area contributed by atoms with Gasteiger partial charge in [0, 0.05) is 0 Å². The largest absolute Gasteiger partial charge is 0.465 e. The van der Waals surface area contributed by atoms with Gasteiger partial charge in [0.2, 0.25) is 0 Å². The monoisotopic (exact) mass is 249 g/mol. The van der Waals surface area contributed by atoms with Crippen LogP contribution in [-0.2, 0) is 9.53 Å². The predicted molar refractivity (Wildman–Crippen MR) is 73.7 cm³/mol. The van der Waals surface area contributed by atoms with E-state index in [9.17, 15) is 4.79 Å². The van der Waals surface area contributed by atoms with E-state index in [0.29, 0.717) is 6.61 Å². The standard InChI is InChI=1S/C15H23NO2/c1-6-16-14(15(17)18-7-2)13-9-11(4)10(3)8-12(13)5/h8-9,14,16H,6-7H2,1-5H3. The number of nitrogens with one attached hydrogen (secondary N) is 1. The Bertz CT molecular complexity index is 427. The van der Waals surface area contributed by atoms with E-state index < -0.39 is 0 Å². The molecule has 0 heterocycles. The lowest BCUT2D eigenvalue weighted by Crippen LogP contribution is -2.30. The topological polar surface area (TPSA) is 38.3 Å². The smallest absolute Gasteiger partial charge is 0.327 e. The number of hydrogen-bond donors (Lipinski definition) is 1. The zero-order valence-electron chi connectivity index (χ0n) is 12.0. The molecular weight excluding hydrogens is 226 g/mol. The first-order chi connectivity index (χ1) is 8.51. The van der Waals surface area contributed by atoms with Crippen molar-refractivity contribution < 1.29 is 9.53 Å². The summed E-state index contributed by atoms with van der Waals surface area (Å²) in [6.07, 6.45) is 0. The van der Waals surface area contributed by atoms with Crippen molar-refractivity contribution in [3.63, 3.8) is 0 Å². The van der Waals surface area contributed by atoms with Crippen LogP contribution in [0.4, 0.5) is 0 Å². The molecule has 1 unspecified atom stereocenters. The Kier molecular flexibility index (Phi) is 5.35. The first kappa shape index (κ1) is 14.7. The molecule has 0 aliphatic rings. The van der Waals surface area contributed by atoms with Crippen LogP contribution in [0.5, 0.6) is 0 Å². The molecule has 0 fully saturated rings. The van der Waals surface area contributed by atoms with Crippen LogP contribution in [0, 0.1) is 20.8 Å². The fraction of sp³-hybridized carbons (Fsp3) is 0.533. The summed E-state index contributed by atoms with van der Waals surface area (Å²) in [7, 11) is 0. The van der Waals surface area contributed by atoms with Crippen molar-refractivity contribution in [3.8, 4) is 0 Å². The SMILES string of the molecule is CCNC(C(=O)OCC)c1cc(C)c(C)cc1C. The van der Waals surface area contributed by atoms with Gasteiger partial charge in [-0.3, -0.25) is 0 Å². The summed E-state index contributed by atoms with van der Waals surface area (Å²) in [6.45, 7) is 11.1. The number of likely N-dealkylation sites (N-methyl/N-ethyl adjacent to an activating group) is 1. The summed E-state index contributed by atoms with van der Waals surface area (Å²) in [6, 6.07) is 3.83. The van der Waals surface area contributed by atoms with Crippen LogP contribution in [-0.4, -0.2) is 19.1 Å². The molecular formula is C15H23NO2. The Labute approximate surface area is 110 Å². The van der Waals surface area contributed by atoms with Gasteiger partial charge >= 0.3 is 5.97 Å². The Morgan fingerprint density at radius 2 is 1.78 bits per heavy atom. The van der Waals surface area contributed by atoms with Crippen LogP contribution in [0.3, 0.4) is 0 Å². The Balaban J connectivity index is 3.12. The highest BCUT2D eigenvalue weighted by molar-refractivity contribution is 5.78. The molecule has 1 atom stereocenters. The third kappa shape index (κ3) is 3.33. The molecule has 1 aromatic carbocycles. The summed E-state index contributed by atoms with van der Waals surface area (Å²) >= 11 is 0. The number of hydrogen-bond acceptors (Lipinski definition) is 3. The van der Waals surface area contributed by atoms with E-state index in [1.807, 2.05) is 20.8 Å². The van der Waals surface area contributed by atoms with Gasteiger partial charge in [0.15, 0.2) is 0 Å². The number of ether oxygens (including phenoxy) is 1. The molecule has 3 heteroatoms. The van der Waals surface area contributed by atoms with Gasteiger partial charge in [-0.05, 0) is 56.5 Å². The molecule has 0 saturated carbocycles. The molecule has 1 rings (SSSR count). The summed E-state index contributed by atoms with van der Waals surface area (Å²) in [5.41, 5.74) is 4.58. The van der Waals surface area contributed by atoms with E-state index in [1.54, 1.807) is 0 Å². The molecule has 100 valence electrons. The summed E-state index contributed by atoms with van der Waals surface area (Å²) < 4.78 is 5.13.